The SMILES string of the molecule is CCSC(=O)CCCN(C)[Si](C)(C)C. The summed E-state index contributed by atoms with van der Waals surface area (Å²) >= 11 is 1.44. The molecule has 84 valence electrons. The zero-order valence-corrected chi connectivity index (χ0v) is 11.9. The van der Waals surface area contributed by atoms with Crippen molar-refractivity contribution in [3.8, 4) is 0 Å². The van der Waals surface area contributed by atoms with Gasteiger partial charge < -0.3 is 4.57 Å². The molecule has 0 aliphatic heterocycles. The Kier molecular flexibility index (Phi) is 6.73. The largest absolute Gasteiger partial charge is 0.327 e. The van der Waals surface area contributed by atoms with Gasteiger partial charge in [-0.2, -0.15) is 0 Å². The molecular weight excluding hydrogens is 210 g/mol. The average molecular weight is 233 g/mol. The molecule has 0 fully saturated rings. The standard InChI is InChI=1S/C10H23NOSSi/c1-6-13-10(12)8-7-9-11(2)14(3,4)5/h6-9H2,1-5H3. The Morgan fingerprint density at radius 1 is 1.36 bits per heavy atom. The molecule has 0 N–H and O–H groups in total. The summed E-state index contributed by atoms with van der Waals surface area (Å²) in [5, 5.41) is 0.344. The zero-order valence-electron chi connectivity index (χ0n) is 10.1. The molecule has 0 heterocycles. The van der Waals surface area contributed by atoms with Gasteiger partial charge in [0.1, 0.15) is 8.24 Å². The molecule has 0 aromatic carbocycles. The van der Waals surface area contributed by atoms with E-state index in [0.29, 0.717) is 5.12 Å². The second-order valence-corrected chi connectivity index (χ2v) is 10.9. The number of rotatable bonds is 6. The summed E-state index contributed by atoms with van der Waals surface area (Å²) in [7, 11) is 1.03. The fourth-order valence-electron chi connectivity index (χ4n) is 1.03. The minimum absolute atomic E-state index is 0.344. The van der Waals surface area contributed by atoms with Crippen molar-refractivity contribution in [2.45, 2.75) is 39.4 Å². The van der Waals surface area contributed by atoms with Crippen molar-refractivity contribution < 1.29 is 4.79 Å². The molecule has 0 saturated carbocycles. The van der Waals surface area contributed by atoms with E-state index in [2.05, 4.69) is 31.3 Å². The van der Waals surface area contributed by atoms with Crippen LogP contribution in [0.3, 0.4) is 0 Å². The molecule has 0 amide bonds. The number of thioether (sulfide) groups is 1. The van der Waals surface area contributed by atoms with Crippen molar-refractivity contribution in [2.75, 3.05) is 19.3 Å². The number of hydrogen-bond acceptors (Lipinski definition) is 3. The summed E-state index contributed by atoms with van der Waals surface area (Å²) in [6, 6.07) is 0. The monoisotopic (exact) mass is 233 g/mol. The molecule has 0 bridgehead atoms. The summed E-state index contributed by atoms with van der Waals surface area (Å²) in [4.78, 5) is 11.2. The van der Waals surface area contributed by atoms with E-state index >= 15 is 0 Å². The summed E-state index contributed by atoms with van der Waals surface area (Å²) in [6.07, 6.45) is 1.74. The third-order valence-corrected chi connectivity index (χ3v) is 5.65. The fourth-order valence-corrected chi connectivity index (χ4v) is 2.47. The van der Waals surface area contributed by atoms with E-state index in [9.17, 15) is 4.79 Å². The second-order valence-electron chi connectivity index (χ2n) is 4.50. The second kappa shape index (κ2) is 6.64. The van der Waals surface area contributed by atoms with E-state index in [1.807, 2.05) is 6.92 Å². The molecule has 0 saturated heterocycles. The first-order chi connectivity index (χ1) is 6.38. The Balaban J connectivity index is 3.59. The Morgan fingerprint density at radius 2 is 1.93 bits per heavy atom. The van der Waals surface area contributed by atoms with Crippen LogP contribution < -0.4 is 0 Å². The van der Waals surface area contributed by atoms with Gasteiger partial charge in [0.2, 0.25) is 0 Å². The van der Waals surface area contributed by atoms with Crippen LogP contribution in [0.4, 0.5) is 0 Å². The van der Waals surface area contributed by atoms with E-state index in [1.54, 1.807) is 0 Å². The molecule has 0 unspecified atom stereocenters. The quantitative estimate of drug-likeness (QED) is 0.658. The lowest BCUT2D eigenvalue weighted by atomic mass is 10.3. The first kappa shape index (κ1) is 14.2. The van der Waals surface area contributed by atoms with Crippen LogP contribution in [0.25, 0.3) is 0 Å². The van der Waals surface area contributed by atoms with E-state index < -0.39 is 8.24 Å². The Labute approximate surface area is 93.5 Å². The maximum atomic E-state index is 11.2. The highest BCUT2D eigenvalue weighted by Crippen LogP contribution is 2.10. The van der Waals surface area contributed by atoms with Crippen molar-refractivity contribution in [3.05, 3.63) is 0 Å². The van der Waals surface area contributed by atoms with Gasteiger partial charge >= 0.3 is 0 Å². The van der Waals surface area contributed by atoms with Crippen LogP contribution in [0.2, 0.25) is 19.6 Å². The van der Waals surface area contributed by atoms with Gasteiger partial charge in [-0.3, -0.25) is 4.79 Å². The number of carbonyl (C=O) groups excluding carboxylic acids is 1. The highest BCUT2D eigenvalue weighted by molar-refractivity contribution is 8.13. The number of carbonyl (C=O) groups is 1. The van der Waals surface area contributed by atoms with Crippen molar-refractivity contribution >= 4 is 25.1 Å². The average Bonchev–Trinajstić information content (AvgIpc) is 2.02. The molecule has 4 heteroatoms. The summed E-state index contributed by atoms with van der Waals surface area (Å²) in [6.45, 7) is 10.1. The number of hydrogen-bond donors (Lipinski definition) is 0. The molecule has 0 aromatic heterocycles. The molecule has 0 spiro atoms. The van der Waals surface area contributed by atoms with Gasteiger partial charge in [-0.25, -0.2) is 0 Å². The van der Waals surface area contributed by atoms with Crippen molar-refractivity contribution in [2.24, 2.45) is 0 Å². The summed E-state index contributed by atoms with van der Waals surface area (Å²) < 4.78 is 2.43. The predicted molar refractivity (Wildman–Crippen MR) is 68.3 cm³/mol. The number of nitrogens with zero attached hydrogens (tertiary/aromatic N) is 1. The van der Waals surface area contributed by atoms with Crippen LogP contribution in [-0.2, 0) is 4.79 Å². The van der Waals surface area contributed by atoms with Gasteiger partial charge in [-0.05, 0) is 25.8 Å². The molecule has 0 atom stereocenters. The molecule has 0 rings (SSSR count). The van der Waals surface area contributed by atoms with Crippen LogP contribution in [0, 0.1) is 0 Å². The van der Waals surface area contributed by atoms with Gasteiger partial charge in [-0.15, -0.1) is 0 Å². The van der Waals surface area contributed by atoms with Gasteiger partial charge in [0, 0.05) is 6.42 Å². The maximum Gasteiger partial charge on any atom is 0.188 e. The lowest BCUT2D eigenvalue weighted by molar-refractivity contribution is -0.111. The summed E-state index contributed by atoms with van der Waals surface area (Å²) in [5.74, 6) is 0.905. The maximum absolute atomic E-state index is 11.2. The highest BCUT2D eigenvalue weighted by Gasteiger charge is 2.19. The zero-order chi connectivity index (χ0) is 11.2. The topological polar surface area (TPSA) is 20.3 Å². The van der Waals surface area contributed by atoms with E-state index in [0.717, 1.165) is 25.1 Å². The van der Waals surface area contributed by atoms with Crippen molar-refractivity contribution in [3.63, 3.8) is 0 Å². The van der Waals surface area contributed by atoms with Gasteiger partial charge in [0.15, 0.2) is 5.12 Å². The third-order valence-electron chi connectivity index (χ3n) is 2.32. The van der Waals surface area contributed by atoms with Gasteiger partial charge in [0.25, 0.3) is 0 Å². The lowest BCUT2D eigenvalue weighted by Gasteiger charge is -2.29. The van der Waals surface area contributed by atoms with Gasteiger partial charge in [0.05, 0.1) is 0 Å². The van der Waals surface area contributed by atoms with Crippen LogP contribution in [0.15, 0.2) is 0 Å². The fraction of sp³-hybridized carbons (Fsp3) is 0.900. The van der Waals surface area contributed by atoms with E-state index in [1.165, 1.54) is 11.8 Å². The Hall–Kier alpha value is 0.197. The summed E-state index contributed by atoms with van der Waals surface area (Å²) in [5.41, 5.74) is 0. The normalized spacial score (nSPS) is 12.1. The third kappa shape index (κ3) is 6.62. The molecule has 2 nitrogen and oxygen atoms in total. The molecule has 14 heavy (non-hydrogen) atoms. The first-order valence-corrected chi connectivity index (χ1v) is 9.68. The van der Waals surface area contributed by atoms with Crippen LogP contribution in [0.5, 0.6) is 0 Å². The molecule has 0 aromatic rings. The Bertz CT molecular complexity index is 179. The minimum Gasteiger partial charge on any atom is -0.327 e. The Morgan fingerprint density at radius 3 is 2.36 bits per heavy atom. The van der Waals surface area contributed by atoms with Crippen LogP contribution in [-0.4, -0.2) is 37.3 Å². The van der Waals surface area contributed by atoms with Crippen LogP contribution >= 0.6 is 11.8 Å². The molecular formula is C10H23NOSSi. The molecule has 0 aliphatic carbocycles. The lowest BCUT2D eigenvalue weighted by Crippen LogP contribution is -2.43. The minimum atomic E-state index is -1.14. The van der Waals surface area contributed by atoms with Crippen LogP contribution in [0.1, 0.15) is 19.8 Å². The smallest absolute Gasteiger partial charge is 0.188 e. The van der Waals surface area contributed by atoms with Crippen molar-refractivity contribution in [1.82, 2.24) is 4.57 Å². The molecule has 0 radical (unpaired) electrons. The van der Waals surface area contributed by atoms with Gasteiger partial charge in [-0.1, -0.05) is 38.3 Å². The highest BCUT2D eigenvalue weighted by atomic mass is 32.2. The van der Waals surface area contributed by atoms with Crippen molar-refractivity contribution in [1.29, 1.82) is 0 Å². The first-order valence-electron chi connectivity index (χ1n) is 5.24. The van der Waals surface area contributed by atoms with E-state index in [4.69, 9.17) is 0 Å². The van der Waals surface area contributed by atoms with E-state index in [-0.39, 0.29) is 0 Å². The predicted octanol–water partition coefficient (Wildman–Crippen LogP) is 2.81. The molecule has 0 aliphatic rings.